The van der Waals surface area contributed by atoms with E-state index in [2.05, 4.69) is 5.32 Å². The van der Waals surface area contributed by atoms with Gasteiger partial charge < -0.3 is 16.2 Å². The van der Waals surface area contributed by atoms with Crippen molar-refractivity contribution in [1.82, 2.24) is 5.32 Å². The summed E-state index contributed by atoms with van der Waals surface area (Å²) in [5.41, 5.74) is 7.89. The van der Waals surface area contributed by atoms with Crippen LogP contribution in [0.4, 0.5) is 0 Å². The maximum absolute atomic E-state index is 12.0. The van der Waals surface area contributed by atoms with Crippen LogP contribution in [-0.2, 0) is 17.9 Å². The van der Waals surface area contributed by atoms with E-state index < -0.39 is 0 Å². The van der Waals surface area contributed by atoms with E-state index in [-0.39, 0.29) is 18.1 Å². The van der Waals surface area contributed by atoms with Crippen molar-refractivity contribution in [2.75, 3.05) is 0 Å². The van der Waals surface area contributed by atoms with Crippen LogP contribution in [0.2, 0.25) is 0 Å². The number of nitrogens with two attached hydrogens (primary N) is 1. The lowest BCUT2D eigenvalue weighted by Gasteiger charge is -2.32. The number of aliphatic hydroxyl groups is 1. The van der Waals surface area contributed by atoms with Gasteiger partial charge in [-0.15, -0.1) is 0 Å². The lowest BCUT2D eigenvalue weighted by Crippen LogP contribution is -2.45. The minimum Gasteiger partial charge on any atom is -0.392 e. The molecular weight excluding hydrogens is 252 g/mol. The number of aliphatic hydroxyl groups excluding tert-OH is 1. The topological polar surface area (TPSA) is 75.4 Å². The Labute approximate surface area is 120 Å². The summed E-state index contributed by atoms with van der Waals surface area (Å²) in [7, 11) is 0. The molecule has 1 aromatic rings. The van der Waals surface area contributed by atoms with Crippen LogP contribution in [0.1, 0.15) is 49.7 Å². The predicted molar refractivity (Wildman–Crippen MR) is 78.8 cm³/mol. The fourth-order valence-corrected chi connectivity index (χ4v) is 2.78. The Kier molecular flexibility index (Phi) is 5.15. The molecule has 1 aliphatic carbocycles. The number of nitrogens with one attached hydrogen (secondary N) is 1. The average Bonchev–Trinajstić information content (AvgIpc) is 2.46. The van der Waals surface area contributed by atoms with Crippen LogP contribution in [0.15, 0.2) is 24.3 Å². The molecule has 1 fully saturated rings. The maximum Gasteiger partial charge on any atom is 0.222 e. The second-order valence-corrected chi connectivity index (χ2v) is 5.85. The molecule has 1 amide bonds. The highest BCUT2D eigenvalue weighted by molar-refractivity contribution is 5.77. The summed E-state index contributed by atoms with van der Waals surface area (Å²) in [6, 6.07) is 7.58. The van der Waals surface area contributed by atoms with Gasteiger partial charge in [-0.3, -0.25) is 4.79 Å². The average molecular weight is 276 g/mol. The van der Waals surface area contributed by atoms with E-state index in [0.29, 0.717) is 13.0 Å². The zero-order valence-electron chi connectivity index (χ0n) is 11.9. The standard InChI is InChI=1S/C16H24N2O2/c17-16(8-2-1-3-9-16)10-15(20)18-11-13-4-6-14(12-19)7-5-13/h4-7,19H,1-3,8-12,17H2,(H,18,20). The number of carbonyl (C=O) groups is 1. The smallest absolute Gasteiger partial charge is 0.222 e. The van der Waals surface area contributed by atoms with Crippen LogP contribution in [-0.4, -0.2) is 16.6 Å². The predicted octanol–water partition coefficient (Wildman–Crippen LogP) is 1.85. The Bertz CT molecular complexity index is 436. The van der Waals surface area contributed by atoms with Gasteiger partial charge in [0.25, 0.3) is 0 Å². The fourth-order valence-electron chi connectivity index (χ4n) is 2.78. The van der Waals surface area contributed by atoms with Gasteiger partial charge in [0.15, 0.2) is 0 Å². The van der Waals surface area contributed by atoms with Gasteiger partial charge in [0.2, 0.25) is 5.91 Å². The van der Waals surface area contributed by atoms with Crippen molar-refractivity contribution >= 4 is 5.91 Å². The highest BCUT2D eigenvalue weighted by Gasteiger charge is 2.29. The lowest BCUT2D eigenvalue weighted by molar-refractivity contribution is -0.122. The summed E-state index contributed by atoms with van der Waals surface area (Å²) < 4.78 is 0. The maximum atomic E-state index is 12.0. The molecule has 4 N–H and O–H groups in total. The summed E-state index contributed by atoms with van der Waals surface area (Å²) in [6.45, 7) is 0.558. The van der Waals surface area contributed by atoms with E-state index in [1.807, 2.05) is 24.3 Å². The molecule has 1 aromatic carbocycles. The molecule has 110 valence electrons. The summed E-state index contributed by atoms with van der Waals surface area (Å²) in [6.07, 6.45) is 5.82. The minimum atomic E-state index is -0.303. The molecule has 0 heterocycles. The molecule has 0 unspecified atom stereocenters. The molecule has 1 saturated carbocycles. The van der Waals surface area contributed by atoms with E-state index in [1.54, 1.807) is 0 Å². The Balaban J connectivity index is 1.79. The number of carbonyl (C=O) groups excluding carboxylic acids is 1. The van der Waals surface area contributed by atoms with Gasteiger partial charge in [-0.2, -0.15) is 0 Å². The summed E-state index contributed by atoms with van der Waals surface area (Å²) in [5, 5.41) is 11.9. The molecule has 0 aliphatic heterocycles. The van der Waals surface area contributed by atoms with Gasteiger partial charge in [0.1, 0.15) is 0 Å². The normalized spacial score (nSPS) is 17.7. The lowest BCUT2D eigenvalue weighted by atomic mass is 9.80. The summed E-state index contributed by atoms with van der Waals surface area (Å²) >= 11 is 0. The Hall–Kier alpha value is -1.39. The number of hydrogen-bond acceptors (Lipinski definition) is 3. The Morgan fingerprint density at radius 3 is 2.35 bits per heavy atom. The quantitative estimate of drug-likeness (QED) is 0.768. The van der Waals surface area contributed by atoms with E-state index in [9.17, 15) is 4.79 Å². The van der Waals surface area contributed by atoms with Crippen LogP contribution >= 0.6 is 0 Å². The molecule has 0 bridgehead atoms. The monoisotopic (exact) mass is 276 g/mol. The third-order valence-corrected chi connectivity index (χ3v) is 4.06. The zero-order chi connectivity index (χ0) is 14.4. The second-order valence-electron chi connectivity index (χ2n) is 5.85. The summed E-state index contributed by atoms with van der Waals surface area (Å²) in [5.74, 6) is 0.0284. The largest absolute Gasteiger partial charge is 0.392 e. The van der Waals surface area contributed by atoms with Crippen molar-refractivity contribution in [3.8, 4) is 0 Å². The van der Waals surface area contributed by atoms with Crippen LogP contribution in [0.5, 0.6) is 0 Å². The molecule has 0 spiro atoms. The number of hydrogen-bond donors (Lipinski definition) is 3. The van der Waals surface area contributed by atoms with Crippen LogP contribution in [0.25, 0.3) is 0 Å². The number of rotatable bonds is 5. The first kappa shape index (κ1) is 15.0. The van der Waals surface area contributed by atoms with Crippen molar-refractivity contribution in [3.05, 3.63) is 35.4 Å². The highest BCUT2D eigenvalue weighted by atomic mass is 16.3. The molecule has 2 rings (SSSR count). The number of benzene rings is 1. The number of amides is 1. The Morgan fingerprint density at radius 2 is 1.75 bits per heavy atom. The minimum absolute atomic E-state index is 0.0284. The molecule has 4 heteroatoms. The van der Waals surface area contributed by atoms with Crippen molar-refractivity contribution in [1.29, 1.82) is 0 Å². The van der Waals surface area contributed by atoms with Gasteiger partial charge in [0, 0.05) is 18.5 Å². The van der Waals surface area contributed by atoms with Gasteiger partial charge in [-0.25, -0.2) is 0 Å². The van der Waals surface area contributed by atoms with Crippen LogP contribution in [0.3, 0.4) is 0 Å². The van der Waals surface area contributed by atoms with E-state index >= 15 is 0 Å². The van der Waals surface area contributed by atoms with Crippen LogP contribution < -0.4 is 11.1 Å². The third-order valence-electron chi connectivity index (χ3n) is 4.06. The van der Waals surface area contributed by atoms with E-state index in [1.165, 1.54) is 6.42 Å². The van der Waals surface area contributed by atoms with E-state index in [0.717, 1.165) is 36.8 Å². The third kappa shape index (κ3) is 4.32. The van der Waals surface area contributed by atoms with Gasteiger partial charge >= 0.3 is 0 Å². The van der Waals surface area contributed by atoms with Gasteiger partial charge in [-0.05, 0) is 24.0 Å². The Morgan fingerprint density at radius 1 is 1.15 bits per heavy atom. The highest BCUT2D eigenvalue weighted by Crippen LogP contribution is 2.28. The molecule has 0 aromatic heterocycles. The molecule has 1 aliphatic rings. The van der Waals surface area contributed by atoms with Gasteiger partial charge in [-0.1, -0.05) is 43.5 Å². The van der Waals surface area contributed by atoms with Gasteiger partial charge in [0.05, 0.1) is 6.61 Å². The van der Waals surface area contributed by atoms with Crippen molar-refractivity contribution in [3.63, 3.8) is 0 Å². The first-order chi connectivity index (χ1) is 9.61. The molecule has 0 saturated heterocycles. The zero-order valence-corrected chi connectivity index (χ0v) is 11.9. The molecule has 0 atom stereocenters. The SMILES string of the molecule is NC1(CC(=O)NCc2ccc(CO)cc2)CCCCC1. The van der Waals surface area contributed by atoms with Crippen LogP contribution in [0, 0.1) is 0 Å². The fraction of sp³-hybridized carbons (Fsp3) is 0.562. The molecule has 0 radical (unpaired) electrons. The second kappa shape index (κ2) is 6.86. The summed E-state index contributed by atoms with van der Waals surface area (Å²) in [4.78, 5) is 12.0. The first-order valence-corrected chi connectivity index (χ1v) is 7.36. The first-order valence-electron chi connectivity index (χ1n) is 7.36. The molecule has 20 heavy (non-hydrogen) atoms. The molecule has 4 nitrogen and oxygen atoms in total. The molecular formula is C16H24N2O2. The van der Waals surface area contributed by atoms with Crippen molar-refractivity contribution < 1.29 is 9.90 Å². The van der Waals surface area contributed by atoms with Crippen molar-refractivity contribution in [2.24, 2.45) is 5.73 Å². The van der Waals surface area contributed by atoms with E-state index in [4.69, 9.17) is 10.8 Å². The van der Waals surface area contributed by atoms with Crippen molar-refractivity contribution in [2.45, 2.75) is 57.2 Å².